The van der Waals surface area contributed by atoms with E-state index in [1.165, 1.54) is 31.5 Å². The minimum absolute atomic E-state index is 0.719. The van der Waals surface area contributed by atoms with E-state index in [0.29, 0.717) is 0 Å². The standard InChI is InChI=1S/C12H20N2/c1-3-12-13-7-8-14(12)11-6-4-5-10(2)9-11/h7-8,10-11H,3-6,9H2,1-2H3. The number of aromatic nitrogens is 2. The molecule has 0 bridgehead atoms. The summed E-state index contributed by atoms with van der Waals surface area (Å²) in [5.41, 5.74) is 0. The SMILES string of the molecule is CCc1nccn1C1CCCC(C)C1. The van der Waals surface area contributed by atoms with Crippen LogP contribution in [0.3, 0.4) is 0 Å². The number of nitrogens with zero attached hydrogens (tertiary/aromatic N) is 2. The van der Waals surface area contributed by atoms with Gasteiger partial charge in [-0.2, -0.15) is 0 Å². The quantitative estimate of drug-likeness (QED) is 0.703. The van der Waals surface area contributed by atoms with Crippen LogP contribution < -0.4 is 0 Å². The fraction of sp³-hybridized carbons (Fsp3) is 0.750. The first-order valence-corrected chi connectivity index (χ1v) is 5.83. The van der Waals surface area contributed by atoms with E-state index in [1.807, 2.05) is 6.20 Å². The third kappa shape index (κ3) is 1.84. The van der Waals surface area contributed by atoms with Crippen molar-refractivity contribution in [3.05, 3.63) is 18.2 Å². The summed E-state index contributed by atoms with van der Waals surface area (Å²) in [6.07, 6.45) is 10.6. The van der Waals surface area contributed by atoms with Crippen molar-refractivity contribution >= 4 is 0 Å². The summed E-state index contributed by atoms with van der Waals surface area (Å²) in [5.74, 6) is 2.14. The lowest BCUT2D eigenvalue weighted by Crippen LogP contribution is -2.18. The van der Waals surface area contributed by atoms with Crippen molar-refractivity contribution in [3.8, 4) is 0 Å². The third-order valence-electron chi connectivity index (χ3n) is 3.37. The molecule has 2 rings (SSSR count). The maximum absolute atomic E-state index is 4.40. The van der Waals surface area contributed by atoms with Gasteiger partial charge in [-0.1, -0.05) is 26.7 Å². The van der Waals surface area contributed by atoms with Crippen molar-refractivity contribution in [2.24, 2.45) is 5.92 Å². The molecule has 2 nitrogen and oxygen atoms in total. The van der Waals surface area contributed by atoms with Crippen molar-refractivity contribution in [3.63, 3.8) is 0 Å². The minimum Gasteiger partial charge on any atom is -0.332 e. The average molecular weight is 192 g/mol. The molecule has 1 aliphatic rings. The Labute approximate surface area is 86.3 Å². The monoisotopic (exact) mass is 192 g/mol. The van der Waals surface area contributed by atoms with Gasteiger partial charge < -0.3 is 4.57 Å². The van der Waals surface area contributed by atoms with E-state index in [9.17, 15) is 0 Å². The number of imidazole rings is 1. The summed E-state index contributed by atoms with van der Waals surface area (Å²) in [7, 11) is 0. The molecule has 1 aliphatic carbocycles. The molecule has 78 valence electrons. The molecule has 0 amide bonds. The first-order valence-electron chi connectivity index (χ1n) is 5.83. The molecule has 1 aromatic heterocycles. The molecule has 1 fully saturated rings. The van der Waals surface area contributed by atoms with Gasteiger partial charge in [0.1, 0.15) is 5.82 Å². The Bertz CT molecular complexity index is 290. The van der Waals surface area contributed by atoms with Gasteiger partial charge in [-0.25, -0.2) is 4.98 Å². The predicted molar refractivity (Wildman–Crippen MR) is 58.3 cm³/mol. The van der Waals surface area contributed by atoms with Gasteiger partial charge in [0.25, 0.3) is 0 Å². The van der Waals surface area contributed by atoms with Gasteiger partial charge in [-0.15, -0.1) is 0 Å². The van der Waals surface area contributed by atoms with Crippen LogP contribution in [0.25, 0.3) is 0 Å². The van der Waals surface area contributed by atoms with Gasteiger partial charge >= 0.3 is 0 Å². The van der Waals surface area contributed by atoms with Crippen LogP contribution in [-0.4, -0.2) is 9.55 Å². The van der Waals surface area contributed by atoms with Crippen LogP contribution in [0.1, 0.15) is 51.4 Å². The van der Waals surface area contributed by atoms with Gasteiger partial charge in [0, 0.05) is 24.9 Å². The first kappa shape index (κ1) is 9.75. The molecule has 2 unspecified atom stereocenters. The molecule has 0 spiro atoms. The van der Waals surface area contributed by atoms with E-state index >= 15 is 0 Å². The van der Waals surface area contributed by atoms with Crippen molar-refractivity contribution in [1.82, 2.24) is 9.55 Å². The largest absolute Gasteiger partial charge is 0.332 e. The Morgan fingerprint density at radius 2 is 2.36 bits per heavy atom. The molecule has 2 atom stereocenters. The number of hydrogen-bond acceptors (Lipinski definition) is 1. The van der Waals surface area contributed by atoms with Crippen LogP contribution in [0.15, 0.2) is 12.4 Å². The fourth-order valence-electron chi connectivity index (χ4n) is 2.60. The van der Waals surface area contributed by atoms with Gasteiger partial charge in [-0.3, -0.25) is 0 Å². The van der Waals surface area contributed by atoms with Gasteiger partial charge in [0.2, 0.25) is 0 Å². The zero-order chi connectivity index (χ0) is 9.97. The maximum atomic E-state index is 4.40. The lowest BCUT2D eigenvalue weighted by molar-refractivity contribution is 0.278. The Kier molecular flexibility index (Phi) is 2.90. The Hall–Kier alpha value is -0.790. The highest BCUT2D eigenvalue weighted by molar-refractivity contribution is 4.96. The molecular weight excluding hydrogens is 172 g/mol. The van der Waals surface area contributed by atoms with E-state index < -0.39 is 0 Å². The second kappa shape index (κ2) is 4.16. The fourth-order valence-corrected chi connectivity index (χ4v) is 2.60. The summed E-state index contributed by atoms with van der Waals surface area (Å²) >= 11 is 0. The number of hydrogen-bond donors (Lipinski definition) is 0. The molecule has 0 aromatic carbocycles. The van der Waals surface area contributed by atoms with E-state index in [-0.39, 0.29) is 0 Å². The molecule has 1 heterocycles. The zero-order valence-electron chi connectivity index (χ0n) is 9.24. The lowest BCUT2D eigenvalue weighted by atomic mass is 9.87. The molecule has 1 saturated carbocycles. The van der Waals surface area contributed by atoms with Crippen molar-refractivity contribution < 1.29 is 0 Å². The highest BCUT2D eigenvalue weighted by Crippen LogP contribution is 2.32. The second-order valence-corrected chi connectivity index (χ2v) is 4.53. The summed E-state index contributed by atoms with van der Waals surface area (Å²) in [6, 6.07) is 0.719. The molecule has 0 N–H and O–H groups in total. The van der Waals surface area contributed by atoms with E-state index in [0.717, 1.165) is 18.4 Å². The van der Waals surface area contributed by atoms with E-state index in [4.69, 9.17) is 0 Å². The summed E-state index contributed by atoms with van der Waals surface area (Å²) < 4.78 is 2.40. The Morgan fingerprint density at radius 3 is 3.07 bits per heavy atom. The minimum atomic E-state index is 0.719. The number of rotatable bonds is 2. The molecule has 0 aliphatic heterocycles. The smallest absolute Gasteiger partial charge is 0.108 e. The van der Waals surface area contributed by atoms with Crippen LogP contribution in [0.2, 0.25) is 0 Å². The maximum Gasteiger partial charge on any atom is 0.108 e. The van der Waals surface area contributed by atoms with Gasteiger partial charge in [-0.05, 0) is 18.8 Å². The Balaban J connectivity index is 2.13. The van der Waals surface area contributed by atoms with E-state index in [1.54, 1.807) is 0 Å². The first-order chi connectivity index (χ1) is 6.81. The Morgan fingerprint density at radius 1 is 1.50 bits per heavy atom. The summed E-state index contributed by atoms with van der Waals surface area (Å²) in [4.78, 5) is 4.40. The zero-order valence-corrected chi connectivity index (χ0v) is 9.24. The average Bonchev–Trinajstić information content (AvgIpc) is 2.65. The van der Waals surface area contributed by atoms with Crippen LogP contribution >= 0.6 is 0 Å². The molecule has 1 aromatic rings. The van der Waals surface area contributed by atoms with Crippen LogP contribution in [-0.2, 0) is 6.42 Å². The summed E-state index contributed by atoms with van der Waals surface area (Å²) in [6.45, 7) is 4.56. The molecule has 14 heavy (non-hydrogen) atoms. The lowest BCUT2D eigenvalue weighted by Gasteiger charge is -2.28. The predicted octanol–water partition coefficient (Wildman–Crippen LogP) is 3.20. The van der Waals surface area contributed by atoms with Crippen molar-refractivity contribution in [2.75, 3.05) is 0 Å². The molecule has 0 radical (unpaired) electrons. The van der Waals surface area contributed by atoms with Crippen molar-refractivity contribution in [1.29, 1.82) is 0 Å². The third-order valence-corrected chi connectivity index (χ3v) is 3.37. The molecular formula is C12H20N2. The normalized spacial score (nSPS) is 27.9. The van der Waals surface area contributed by atoms with E-state index in [2.05, 4.69) is 29.6 Å². The van der Waals surface area contributed by atoms with Gasteiger partial charge in [0.15, 0.2) is 0 Å². The second-order valence-electron chi connectivity index (χ2n) is 4.53. The highest BCUT2D eigenvalue weighted by atomic mass is 15.1. The number of aryl methyl sites for hydroxylation is 1. The molecule has 0 saturated heterocycles. The summed E-state index contributed by atoms with van der Waals surface area (Å²) in [5, 5.41) is 0. The van der Waals surface area contributed by atoms with Gasteiger partial charge in [0.05, 0.1) is 0 Å². The topological polar surface area (TPSA) is 17.8 Å². The highest BCUT2D eigenvalue weighted by Gasteiger charge is 2.21. The van der Waals surface area contributed by atoms with Crippen LogP contribution in [0.4, 0.5) is 0 Å². The van der Waals surface area contributed by atoms with Crippen LogP contribution in [0, 0.1) is 5.92 Å². The van der Waals surface area contributed by atoms with Crippen LogP contribution in [0.5, 0.6) is 0 Å². The van der Waals surface area contributed by atoms with Crippen molar-refractivity contribution in [2.45, 2.75) is 52.0 Å². The molecule has 2 heteroatoms.